The lowest BCUT2D eigenvalue weighted by Crippen LogP contribution is -2.37. The summed E-state index contributed by atoms with van der Waals surface area (Å²) < 4.78 is 10.6. The summed E-state index contributed by atoms with van der Waals surface area (Å²) in [7, 11) is -0.505. The number of esters is 1. The van der Waals surface area contributed by atoms with Gasteiger partial charge in [-0.2, -0.15) is 0 Å². The minimum atomic E-state index is -1.84. The first-order chi connectivity index (χ1) is 10.3. The number of hydrogen-bond acceptors (Lipinski definition) is 4. The summed E-state index contributed by atoms with van der Waals surface area (Å²) in [5.41, 5.74) is 1.03. The Kier molecular flexibility index (Phi) is 7.27. The Morgan fingerprint density at radius 3 is 2.32 bits per heavy atom. The molecule has 0 saturated heterocycles. The molecule has 0 heterocycles. The number of methoxy groups -OCH3 is 1. The molecule has 1 aromatic carbocycles. The minimum absolute atomic E-state index is 0.0968. The van der Waals surface area contributed by atoms with Gasteiger partial charge >= 0.3 is 5.97 Å². The van der Waals surface area contributed by atoms with Gasteiger partial charge in [-0.25, -0.2) is 0 Å². The van der Waals surface area contributed by atoms with Crippen LogP contribution in [0.15, 0.2) is 30.3 Å². The molecule has 5 nitrogen and oxygen atoms in total. The van der Waals surface area contributed by atoms with Gasteiger partial charge < -0.3 is 14.5 Å². The van der Waals surface area contributed by atoms with Crippen molar-refractivity contribution in [1.29, 1.82) is 0 Å². The molecule has 0 aliphatic heterocycles. The topological polar surface area (TPSA) is 64.6 Å². The molecule has 0 bridgehead atoms. The summed E-state index contributed by atoms with van der Waals surface area (Å²) in [6, 6.07) is 9.68. The Morgan fingerprint density at radius 2 is 1.77 bits per heavy atom. The first kappa shape index (κ1) is 18.4. The molecule has 1 N–H and O–H groups in total. The van der Waals surface area contributed by atoms with E-state index in [1.54, 1.807) is 0 Å². The lowest BCUT2D eigenvalue weighted by molar-refractivity contribution is -0.142. The molecule has 122 valence electrons. The average molecular weight is 323 g/mol. The summed E-state index contributed by atoms with van der Waals surface area (Å²) in [6.07, 6.45) is -0.180. The Morgan fingerprint density at radius 1 is 1.14 bits per heavy atom. The maximum atomic E-state index is 12.1. The molecule has 1 rings (SSSR count). The van der Waals surface area contributed by atoms with E-state index in [4.69, 9.17) is 4.43 Å². The molecule has 0 saturated carbocycles. The molecule has 1 amide bonds. The highest BCUT2D eigenvalue weighted by Crippen LogP contribution is 2.14. The van der Waals surface area contributed by atoms with Crippen molar-refractivity contribution < 1.29 is 18.8 Å². The van der Waals surface area contributed by atoms with Gasteiger partial charge in [-0.3, -0.25) is 9.59 Å². The number of carbonyl (C=O) groups is 2. The molecule has 6 heteroatoms. The molecule has 0 unspecified atom stereocenters. The minimum Gasteiger partial charge on any atom is -0.469 e. The number of amides is 1. The van der Waals surface area contributed by atoms with Crippen molar-refractivity contribution in [2.24, 2.45) is 0 Å². The summed E-state index contributed by atoms with van der Waals surface area (Å²) in [4.78, 5) is 23.5. The first-order valence-corrected chi connectivity index (χ1v) is 10.8. The standard InChI is InChI=1S/C16H25NO4Si/c1-20-16(19)11-14(21-22(2,3)4)10-15(18)17-12-13-8-6-5-7-9-13/h5-9,14H,10-12H2,1-4H3,(H,17,18)/t14-/m0/s1. The van der Waals surface area contributed by atoms with Crippen molar-refractivity contribution in [2.75, 3.05) is 7.11 Å². The number of ether oxygens (including phenoxy) is 1. The maximum absolute atomic E-state index is 12.1. The second-order valence-electron chi connectivity index (χ2n) is 6.10. The zero-order chi connectivity index (χ0) is 16.6. The molecule has 0 spiro atoms. The third-order valence-electron chi connectivity index (χ3n) is 2.89. The molecule has 1 atom stereocenters. The van der Waals surface area contributed by atoms with Gasteiger partial charge in [-0.05, 0) is 25.2 Å². The number of rotatable bonds is 8. The van der Waals surface area contributed by atoms with E-state index >= 15 is 0 Å². The molecular formula is C16H25NO4Si. The van der Waals surface area contributed by atoms with E-state index in [-0.39, 0.29) is 24.7 Å². The molecule has 0 fully saturated rings. The van der Waals surface area contributed by atoms with Gasteiger partial charge in [-0.1, -0.05) is 30.3 Å². The van der Waals surface area contributed by atoms with Crippen LogP contribution in [0.5, 0.6) is 0 Å². The van der Waals surface area contributed by atoms with E-state index in [0.717, 1.165) is 5.56 Å². The van der Waals surface area contributed by atoms with E-state index in [1.165, 1.54) is 7.11 Å². The Labute approximate surface area is 133 Å². The van der Waals surface area contributed by atoms with Crippen molar-refractivity contribution in [3.63, 3.8) is 0 Å². The number of hydrogen-bond donors (Lipinski definition) is 1. The lowest BCUT2D eigenvalue weighted by atomic mass is 10.1. The highest BCUT2D eigenvalue weighted by Gasteiger charge is 2.25. The van der Waals surface area contributed by atoms with Gasteiger partial charge in [-0.15, -0.1) is 0 Å². The van der Waals surface area contributed by atoms with Gasteiger partial charge in [0, 0.05) is 6.54 Å². The van der Waals surface area contributed by atoms with E-state index in [9.17, 15) is 9.59 Å². The van der Waals surface area contributed by atoms with E-state index in [0.29, 0.717) is 6.54 Å². The van der Waals surface area contributed by atoms with Crippen LogP contribution in [0, 0.1) is 0 Å². The molecular weight excluding hydrogens is 298 g/mol. The highest BCUT2D eigenvalue weighted by molar-refractivity contribution is 6.69. The fourth-order valence-electron chi connectivity index (χ4n) is 2.00. The van der Waals surface area contributed by atoms with Gasteiger partial charge in [0.15, 0.2) is 8.32 Å². The van der Waals surface area contributed by atoms with Crippen LogP contribution < -0.4 is 5.32 Å². The van der Waals surface area contributed by atoms with E-state index in [2.05, 4.69) is 10.1 Å². The Hall–Kier alpha value is -1.66. The van der Waals surface area contributed by atoms with Gasteiger partial charge in [0.2, 0.25) is 5.91 Å². The molecule has 1 aromatic rings. The van der Waals surface area contributed by atoms with E-state index in [1.807, 2.05) is 50.0 Å². The Bertz CT molecular complexity index is 485. The third-order valence-corrected chi connectivity index (χ3v) is 3.93. The fraction of sp³-hybridized carbons (Fsp3) is 0.500. The third kappa shape index (κ3) is 7.95. The average Bonchev–Trinajstić information content (AvgIpc) is 2.44. The molecule has 0 aliphatic rings. The van der Waals surface area contributed by atoms with Gasteiger partial charge in [0.25, 0.3) is 0 Å². The number of nitrogens with one attached hydrogen (secondary N) is 1. The van der Waals surface area contributed by atoms with Crippen molar-refractivity contribution >= 4 is 20.2 Å². The summed E-state index contributed by atoms with van der Waals surface area (Å²) in [6.45, 7) is 6.55. The molecule has 0 aliphatic carbocycles. The van der Waals surface area contributed by atoms with Gasteiger partial charge in [0.05, 0.1) is 26.1 Å². The van der Waals surface area contributed by atoms with Crippen LogP contribution in [0.2, 0.25) is 19.6 Å². The van der Waals surface area contributed by atoms with Crippen LogP contribution in [0.25, 0.3) is 0 Å². The summed E-state index contributed by atoms with van der Waals surface area (Å²) in [5.74, 6) is -0.491. The largest absolute Gasteiger partial charge is 0.469 e. The first-order valence-electron chi connectivity index (χ1n) is 7.35. The number of benzene rings is 1. The molecule has 0 aromatic heterocycles. The SMILES string of the molecule is COC(=O)C[C@H](CC(=O)NCc1ccccc1)O[Si](C)(C)C. The Balaban J connectivity index is 2.52. The molecule has 22 heavy (non-hydrogen) atoms. The zero-order valence-corrected chi connectivity index (χ0v) is 14.7. The van der Waals surface area contributed by atoms with Crippen LogP contribution in [0.1, 0.15) is 18.4 Å². The fourth-order valence-corrected chi connectivity index (χ4v) is 3.17. The zero-order valence-electron chi connectivity index (χ0n) is 13.7. The predicted molar refractivity (Wildman–Crippen MR) is 87.8 cm³/mol. The summed E-state index contributed by atoms with van der Waals surface area (Å²) >= 11 is 0. The maximum Gasteiger partial charge on any atom is 0.308 e. The molecule has 0 radical (unpaired) electrons. The number of carbonyl (C=O) groups excluding carboxylic acids is 2. The van der Waals surface area contributed by atoms with Crippen LogP contribution in [0.4, 0.5) is 0 Å². The van der Waals surface area contributed by atoms with Gasteiger partial charge in [0.1, 0.15) is 0 Å². The van der Waals surface area contributed by atoms with Crippen LogP contribution >= 0.6 is 0 Å². The smallest absolute Gasteiger partial charge is 0.308 e. The van der Waals surface area contributed by atoms with E-state index < -0.39 is 14.4 Å². The van der Waals surface area contributed by atoms with Crippen molar-refractivity contribution in [2.45, 2.75) is 45.1 Å². The van der Waals surface area contributed by atoms with Crippen molar-refractivity contribution in [1.82, 2.24) is 5.32 Å². The quantitative estimate of drug-likeness (QED) is 0.589. The van der Waals surface area contributed by atoms with Crippen LogP contribution in [-0.4, -0.2) is 33.4 Å². The van der Waals surface area contributed by atoms with Crippen LogP contribution in [0.3, 0.4) is 0 Å². The monoisotopic (exact) mass is 323 g/mol. The lowest BCUT2D eigenvalue weighted by Gasteiger charge is -2.25. The second-order valence-corrected chi connectivity index (χ2v) is 10.6. The van der Waals surface area contributed by atoms with Crippen molar-refractivity contribution in [3.05, 3.63) is 35.9 Å². The normalized spacial score (nSPS) is 12.5. The highest BCUT2D eigenvalue weighted by atomic mass is 28.4. The van der Waals surface area contributed by atoms with Crippen LogP contribution in [-0.2, 0) is 25.3 Å². The van der Waals surface area contributed by atoms with Crippen molar-refractivity contribution in [3.8, 4) is 0 Å². The summed E-state index contributed by atoms with van der Waals surface area (Å²) in [5, 5.41) is 2.85. The second kappa shape index (κ2) is 8.70. The predicted octanol–water partition coefficient (Wildman–Crippen LogP) is 2.48.